The van der Waals surface area contributed by atoms with E-state index in [-0.39, 0.29) is 19.1 Å². The summed E-state index contributed by atoms with van der Waals surface area (Å²) in [6.45, 7) is 5.07. The molecule has 1 fully saturated rings. The zero-order valence-corrected chi connectivity index (χ0v) is 22.0. The fourth-order valence-corrected chi connectivity index (χ4v) is 4.73. The average Bonchev–Trinajstić information content (AvgIpc) is 3.42. The van der Waals surface area contributed by atoms with Gasteiger partial charge in [-0.3, -0.25) is 9.69 Å². The summed E-state index contributed by atoms with van der Waals surface area (Å²) in [5.74, 6) is 1.84. The van der Waals surface area contributed by atoms with E-state index in [2.05, 4.69) is 9.88 Å². The Morgan fingerprint density at radius 1 is 1.11 bits per heavy atom. The number of amides is 1. The van der Waals surface area contributed by atoms with Crippen LogP contribution in [0.3, 0.4) is 0 Å². The maximum atomic E-state index is 13.5. The van der Waals surface area contributed by atoms with Crippen molar-refractivity contribution in [2.75, 3.05) is 53.6 Å². The molecule has 0 bridgehead atoms. The van der Waals surface area contributed by atoms with Crippen LogP contribution in [-0.2, 0) is 24.5 Å². The van der Waals surface area contributed by atoms with E-state index in [9.17, 15) is 9.90 Å². The number of ether oxygens (including phenoxy) is 4. The summed E-state index contributed by atoms with van der Waals surface area (Å²) in [4.78, 5) is 22.0. The molecule has 10 heteroatoms. The topological polar surface area (TPSA) is 93.6 Å². The second kappa shape index (κ2) is 13.4. The molecular formula is C27H33N3O6S. The van der Waals surface area contributed by atoms with Crippen LogP contribution in [-0.4, -0.2) is 79.4 Å². The second-order valence-corrected chi connectivity index (χ2v) is 9.52. The smallest absolute Gasteiger partial charge is 0.254 e. The third-order valence-electron chi connectivity index (χ3n) is 6.13. The minimum Gasteiger partial charge on any atom is -0.497 e. The van der Waals surface area contributed by atoms with Crippen molar-refractivity contribution in [2.45, 2.75) is 19.8 Å². The Kier molecular flexibility index (Phi) is 9.72. The van der Waals surface area contributed by atoms with Crippen molar-refractivity contribution in [2.24, 2.45) is 0 Å². The van der Waals surface area contributed by atoms with Gasteiger partial charge in [-0.25, -0.2) is 4.98 Å². The molecule has 1 aromatic heterocycles. The molecule has 0 radical (unpaired) electrons. The molecule has 4 rings (SSSR count). The number of thiazole rings is 1. The van der Waals surface area contributed by atoms with Crippen LogP contribution in [0.4, 0.5) is 0 Å². The first-order valence-corrected chi connectivity index (χ1v) is 13.0. The largest absolute Gasteiger partial charge is 0.497 e. The van der Waals surface area contributed by atoms with Crippen molar-refractivity contribution in [3.63, 3.8) is 0 Å². The lowest BCUT2D eigenvalue weighted by Crippen LogP contribution is -2.42. The number of nitrogens with zero attached hydrogens (tertiary/aromatic N) is 3. The van der Waals surface area contributed by atoms with Gasteiger partial charge in [0.25, 0.3) is 5.91 Å². The monoisotopic (exact) mass is 527 g/mol. The zero-order valence-electron chi connectivity index (χ0n) is 21.2. The van der Waals surface area contributed by atoms with E-state index in [0.717, 1.165) is 30.2 Å². The highest BCUT2D eigenvalue weighted by Crippen LogP contribution is 2.30. The molecule has 0 spiro atoms. The predicted octanol–water partition coefficient (Wildman–Crippen LogP) is 3.21. The number of rotatable bonds is 12. The number of carbonyl (C=O) groups is 1. The van der Waals surface area contributed by atoms with Gasteiger partial charge in [-0.2, -0.15) is 0 Å². The van der Waals surface area contributed by atoms with Crippen molar-refractivity contribution >= 4 is 17.2 Å². The lowest BCUT2D eigenvalue weighted by molar-refractivity contribution is 0.0320. The molecule has 3 aromatic rings. The molecule has 2 aromatic carbocycles. The van der Waals surface area contributed by atoms with Crippen molar-refractivity contribution in [3.05, 3.63) is 69.7 Å². The molecule has 9 nitrogen and oxygen atoms in total. The number of aromatic nitrogens is 1. The Bertz CT molecular complexity index is 1150. The Labute approximate surface area is 221 Å². The molecule has 0 unspecified atom stereocenters. The maximum absolute atomic E-state index is 13.5. The van der Waals surface area contributed by atoms with Crippen LogP contribution in [0.25, 0.3) is 0 Å². The van der Waals surface area contributed by atoms with Crippen LogP contribution in [0, 0.1) is 0 Å². The van der Waals surface area contributed by atoms with Crippen molar-refractivity contribution in [1.29, 1.82) is 0 Å². The summed E-state index contributed by atoms with van der Waals surface area (Å²) in [7, 11) is 3.20. The minimum atomic E-state index is -0.0994. The second-order valence-electron chi connectivity index (χ2n) is 8.57. The van der Waals surface area contributed by atoms with Crippen LogP contribution in [0.1, 0.15) is 26.6 Å². The fraction of sp³-hybridized carbons (Fsp3) is 0.407. The van der Waals surface area contributed by atoms with Crippen LogP contribution >= 0.6 is 11.3 Å². The molecule has 0 atom stereocenters. The van der Waals surface area contributed by atoms with E-state index in [0.29, 0.717) is 54.8 Å². The van der Waals surface area contributed by atoms with Gasteiger partial charge >= 0.3 is 0 Å². The van der Waals surface area contributed by atoms with Gasteiger partial charge in [0.15, 0.2) is 11.5 Å². The van der Waals surface area contributed by atoms with Gasteiger partial charge in [0, 0.05) is 43.7 Å². The van der Waals surface area contributed by atoms with Gasteiger partial charge < -0.3 is 29.0 Å². The molecule has 1 amide bonds. The van der Waals surface area contributed by atoms with E-state index in [1.165, 1.54) is 11.3 Å². The van der Waals surface area contributed by atoms with Gasteiger partial charge in [-0.05, 0) is 42.0 Å². The first-order chi connectivity index (χ1) is 18.1. The number of methoxy groups -OCH3 is 2. The number of aliphatic hydroxyl groups excluding tert-OH is 1. The normalized spacial score (nSPS) is 13.8. The van der Waals surface area contributed by atoms with E-state index >= 15 is 0 Å². The van der Waals surface area contributed by atoms with Gasteiger partial charge in [0.05, 0.1) is 39.7 Å². The van der Waals surface area contributed by atoms with Crippen LogP contribution < -0.4 is 14.2 Å². The maximum Gasteiger partial charge on any atom is 0.254 e. The van der Waals surface area contributed by atoms with Gasteiger partial charge in [-0.1, -0.05) is 6.07 Å². The minimum absolute atomic E-state index is 0.0477. The van der Waals surface area contributed by atoms with Crippen LogP contribution in [0.15, 0.2) is 47.8 Å². The first kappa shape index (κ1) is 26.9. The number of aliphatic hydroxyl groups is 1. The lowest BCUT2D eigenvalue weighted by atomic mass is 10.1. The quantitative estimate of drug-likeness (QED) is 0.384. The zero-order chi connectivity index (χ0) is 26.0. The summed E-state index contributed by atoms with van der Waals surface area (Å²) < 4.78 is 22.2. The van der Waals surface area contributed by atoms with Crippen molar-refractivity contribution in [3.8, 4) is 17.2 Å². The summed E-state index contributed by atoms with van der Waals surface area (Å²) in [5, 5.41) is 11.8. The van der Waals surface area contributed by atoms with E-state index in [4.69, 9.17) is 18.9 Å². The van der Waals surface area contributed by atoms with Gasteiger partial charge in [-0.15, -0.1) is 11.3 Å². The highest BCUT2D eigenvalue weighted by atomic mass is 32.1. The summed E-state index contributed by atoms with van der Waals surface area (Å²) in [5.41, 5.74) is 2.16. The average molecular weight is 528 g/mol. The van der Waals surface area contributed by atoms with E-state index < -0.39 is 0 Å². The van der Waals surface area contributed by atoms with Crippen molar-refractivity contribution < 1.29 is 28.8 Å². The molecule has 0 saturated carbocycles. The van der Waals surface area contributed by atoms with Crippen molar-refractivity contribution in [1.82, 2.24) is 14.8 Å². The molecule has 2 heterocycles. The lowest BCUT2D eigenvalue weighted by Gasteiger charge is -2.30. The fourth-order valence-electron chi connectivity index (χ4n) is 4.04. The molecule has 1 aliphatic rings. The van der Waals surface area contributed by atoms with Gasteiger partial charge in [0.1, 0.15) is 17.4 Å². The van der Waals surface area contributed by atoms with E-state index in [1.807, 2.05) is 28.5 Å². The Morgan fingerprint density at radius 2 is 1.89 bits per heavy atom. The predicted molar refractivity (Wildman–Crippen MR) is 140 cm³/mol. The summed E-state index contributed by atoms with van der Waals surface area (Å²) in [6, 6.07) is 12.9. The number of carbonyl (C=O) groups excluding carboxylic acids is 1. The summed E-state index contributed by atoms with van der Waals surface area (Å²) >= 11 is 1.43. The number of benzene rings is 2. The Hall–Kier alpha value is -3.18. The summed E-state index contributed by atoms with van der Waals surface area (Å²) in [6.07, 6.45) is 0. The molecular weight excluding hydrogens is 494 g/mol. The molecule has 198 valence electrons. The third kappa shape index (κ3) is 7.42. The van der Waals surface area contributed by atoms with Crippen LogP contribution in [0.5, 0.6) is 17.2 Å². The molecule has 1 N–H and O–H groups in total. The molecule has 1 aliphatic heterocycles. The highest BCUT2D eigenvalue weighted by Gasteiger charge is 2.20. The standard InChI is InChI=1S/C27H33N3O6S/c1-33-23-6-4-21(5-7-23)27(32)30(10-9-29-11-13-35-14-12-29)16-20-3-8-24(34-2)25(15-20)36-18-26-28-22(17-31)19-37-26/h3-8,15,19,31H,9-14,16-18H2,1-2H3. The highest BCUT2D eigenvalue weighted by molar-refractivity contribution is 7.09. The molecule has 0 aliphatic carbocycles. The Balaban J connectivity index is 1.50. The number of hydrogen-bond donors (Lipinski definition) is 1. The molecule has 1 saturated heterocycles. The number of morpholine rings is 1. The molecule has 37 heavy (non-hydrogen) atoms. The van der Waals surface area contributed by atoms with E-state index in [1.54, 1.807) is 38.5 Å². The number of hydrogen-bond acceptors (Lipinski definition) is 9. The SMILES string of the molecule is COc1ccc(C(=O)N(CCN2CCOCC2)Cc2ccc(OC)c(OCc3nc(CO)cs3)c2)cc1. The van der Waals surface area contributed by atoms with Gasteiger partial charge in [0.2, 0.25) is 0 Å². The third-order valence-corrected chi connectivity index (χ3v) is 7.00. The van der Waals surface area contributed by atoms with Crippen LogP contribution in [0.2, 0.25) is 0 Å². The first-order valence-electron chi connectivity index (χ1n) is 12.2. The Morgan fingerprint density at radius 3 is 2.57 bits per heavy atom.